The first-order valence-corrected chi connectivity index (χ1v) is 11.0. The van der Waals surface area contributed by atoms with Gasteiger partial charge in [0, 0.05) is 57.3 Å². The lowest BCUT2D eigenvalue weighted by Crippen LogP contribution is -2.51. The number of ether oxygens (including phenoxy) is 2. The molecule has 0 saturated carbocycles. The van der Waals surface area contributed by atoms with Crippen molar-refractivity contribution in [2.75, 3.05) is 46.0 Å². The van der Waals surface area contributed by atoms with Gasteiger partial charge in [-0.15, -0.1) is 0 Å². The van der Waals surface area contributed by atoms with Crippen molar-refractivity contribution >= 4 is 11.8 Å². The van der Waals surface area contributed by atoms with E-state index < -0.39 is 0 Å². The molecule has 3 heterocycles. The Balaban J connectivity index is 1.27. The van der Waals surface area contributed by atoms with Crippen LogP contribution in [0, 0.1) is 5.92 Å². The predicted octanol–water partition coefficient (Wildman–Crippen LogP) is 2.41. The number of hydrogen-bond acceptors (Lipinski definition) is 5. The fourth-order valence-corrected chi connectivity index (χ4v) is 3.98. The fraction of sp³-hybridized carbons (Fsp3) is 0.458. The van der Waals surface area contributed by atoms with E-state index in [2.05, 4.69) is 4.98 Å². The minimum atomic E-state index is -0.0177. The van der Waals surface area contributed by atoms with Crippen LogP contribution in [-0.2, 0) is 16.0 Å². The minimum Gasteiger partial charge on any atom is -0.493 e. The van der Waals surface area contributed by atoms with Crippen LogP contribution in [0.2, 0.25) is 0 Å². The van der Waals surface area contributed by atoms with E-state index in [9.17, 15) is 9.59 Å². The summed E-state index contributed by atoms with van der Waals surface area (Å²) in [4.78, 5) is 33.2. The van der Waals surface area contributed by atoms with Gasteiger partial charge in [-0.2, -0.15) is 0 Å². The molecule has 0 N–H and O–H groups in total. The van der Waals surface area contributed by atoms with Gasteiger partial charge < -0.3 is 19.3 Å². The summed E-state index contributed by atoms with van der Waals surface area (Å²) in [6.45, 7) is 4.40. The standard InChI is InChI=1S/C24H29N3O4/c28-23(15-20-3-2-8-25-17-20)26-9-11-27(12-10-26)24(29)21-4-1-5-22(16-21)31-18-19-6-13-30-14-7-19/h1-5,8,16-17,19H,6-7,9-15,18H2. The molecule has 2 aliphatic heterocycles. The Morgan fingerprint density at radius 2 is 1.81 bits per heavy atom. The molecule has 0 spiro atoms. The van der Waals surface area contributed by atoms with Gasteiger partial charge >= 0.3 is 0 Å². The number of nitrogens with zero attached hydrogens (tertiary/aromatic N) is 3. The van der Waals surface area contributed by atoms with Gasteiger partial charge in [0.2, 0.25) is 5.91 Å². The number of piperazine rings is 1. The molecule has 2 amide bonds. The van der Waals surface area contributed by atoms with Crippen LogP contribution in [0.25, 0.3) is 0 Å². The number of aromatic nitrogens is 1. The van der Waals surface area contributed by atoms with Gasteiger partial charge in [-0.25, -0.2) is 0 Å². The molecular weight excluding hydrogens is 394 g/mol. The molecule has 1 aromatic carbocycles. The Bertz CT molecular complexity index is 875. The molecule has 0 bridgehead atoms. The molecule has 1 aromatic heterocycles. The van der Waals surface area contributed by atoms with Crippen LogP contribution in [0.5, 0.6) is 5.75 Å². The van der Waals surface area contributed by atoms with Crippen molar-refractivity contribution in [3.8, 4) is 5.75 Å². The van der Waals surface area contributed by atoms with Crippen molar-refractivity contribution in [2.45, 2.75) is 19.3 Å². The van der Waals surface area contributed by atoms with Gasteiger partial charge in [0.25, 0.3) is 5.91 Å². The number of amides is 2. The van der Waals surface area contributed by atoms with Gasteiger partial charge in [-0.05, 0) is 48.6 Å². The fourth-order valence-electron chi connectivity index (χ4n) is 3.98. The summed E-state index contributed by atoms with van der Waals surface area (Å²) in [5.41, 5.74) is 1.53. The van der Waals surface area contributed by atoms with Crippen molar-refractivity contribution in [2.24, 2.45) is 5.92 Å². The van der Waals surface area contributed by atoms with Crippen LogP contribution < -0.4 is 4.74 Å². The summed E-state index contributed by atoms with van der Waals surface area (Å²) in [6.07, 6.45) is 5.79. The third-order valence-corrected chi connectivity index (χ3v) is 5.91. The lowest BCUT2D eigenvalue weighted by atomic mass is 10.0. The lowest BCUT2D eigenvalue weighted by Gasteiger charge is -2.35. The van der Waals surface area contributed by atoms with Crippen LogP contribution >= 0.6 is 0 Å². The Morgan fingerprint density at radius 1 is 1.03 bits per heavy atom. The normalized spacial score (nSPS) is 17.4. The van der Waals surface area contributed by atoms with Crippen molar-refractivity contribution in [1.82, 2.24) is 14.8 Å². The second-order valence-electron chi connectivity index (χ2n) is 8.11. The van der Waals surface area contributed by atoms with Gasteiger partial charge in [0.1, 0.15) is 5.75 Å². The Morgan fingerprint density at radius 3 is 2.55 bits per heavy atom. The number of pyridine rings is 1. The minimum absolute atomic E-state index is 0.0177. The zero-order valence-electron chi connectivity index (χ0n) is 17.7. The highest BCUT2D eigenvalue weighted by atomic mass is 16.5. The highest BCUT2D eigenvalue weighted by molar-refractivity contribution is 5.94. The average molecular weight is 424 g/mol. The van der Waals surface area contributed by atoms with Gasteiger partial charge in [-0.1, -0.05) is 12.1 Å². The first kappa shape index (κ1) is 21.3. The summed E-state index contributed by atoms with van der Waals surface area (Å²) < 4.78 is 11.3. The molecule has 7 nitrogen and oxygen atoms in total. The van der Waals surface area contributed by atoms with E-state index >= 15 is 0 Å². The van der Waals surface area contributed by atoms with E-state index in [0.717, 1.165) is 37.4 Å². The maximum atomic E-state index is 13.0. The Labute approximate surface area is 183 Å². The number of carbonyl (C=O) groups is 2. The van der Waals surface area contributed by atoms with E-state index in [-0.39, 0.29) is 11.8 Å². The molecule has 0 atom stereocenters. The van der Waals surface area contributed by atoms with Crippen LogP contribution in [0.4, 0.5) is 0 Å². The molecular formula is C24H29N3O4. The lowest BCUT2D eigenvalue weighted by molar-refractivity contribution is -0.131. The third-order valence-electron chi connectivity index (χ3n) is 5.91. The highest BCUT2D eigenvalue weighted by Crippen LogP contribution is 2.20. The monoisotopic (exact) mass is 423 g/mol. The highest BCUT2D eigenvalue weighted by Gasteiger charge is 2.25. The van der Waals surface area contributed by atoms with Gasteiger partial charge in [0.15, 0.2) is 0 Å². The van der Waals surface area contributed by atoms with Crippen LogP contribution in [0.3, 0.4) is 0 Å². The molecule has 0 radical (unpaired) electrons. The summed E-state index contributed by atoms with van der Waals surface area (Å²) >= 11 is 0. The zero-order valence-corrected chi connectivity index (χ0v) is 17.7. The molecule has 31 heavy (non-hydrogen) atoms. The van der Waals surface area contributed by atoms with E-state index in [1.54, 1.807) is 12.4 Å². The zero-order chi connectivity index (χ0) is 21.5. The molecule has 4 rings (SSSR count). The Hall–Kier alpha value is -2.93. The van der Waals surface area contributed by atoms with E-state index in [1.165, 1.54) is 0 Å². The Kier molecular flexibility index (Phi) is 7.14. The second kappa shape index (κ2) is 10.4. The predicted molar refractivity (Wildman–Crippen MR) is 116 cm³/mol. The molecule has 2 saturated heterocycles. The smallest absolute Gasteiger partial charge is 0.254 e. The molecule has 164 valence electrons. The SMILES string of the molecule is O=C(Cc1cccnc1)N1CCN(C(=O)c2cccc(OCC3CCOCC3)c2)CC1. The maximum Gasteiger partial charge on any atom is 0.254 e. The number of carbonyl (C=O) groups excluding carboxylic acids is 2. The number of rotatable bonds is 6. The van der Waals surface area contributed by atoms with Gasteiger partial charge in [-0.3, -0.25) is 14.6 Å². The first-order chi connectivity index (χ1) is 15.2. The van der Waals surface area contributed by atoms with Crippen molar-refractivity contribution in [3.63, 3.8) is 0 Å². The van der Waals surface area contributed by atoms with Crippen molar-refractivity contribution in [1.29, 1.82) is 0 Å². The number of hydrogen-bond donors (Lipinski definition) is 0. The van der Waals surface area contributed by atoms with Crippen molar-refractivity contribution < 1.29 is 19.1 Å². The largest absolute Gasteiger partial charge is 0.493 e. The summed E-state index contributed by atoms with van der Waals surface area (Å²) in [6, 6.07) is 11.1. The molecule has 7 heteroatoms. The topological polar surface area (TPSA) is 72.0 Å². The quantitative estimate of drug-likeness (QED) is 0.714. The van der Waals surface area contributed by atoms with Crippen LogP contribution in [0.1, 0.15) is 28.8 Å². The third kappa shape index (κ3) is 5.82. The maximum absolute atomic E-state index is 13.0. The van der Waals surface area contributed by atoms with Crippen LogP contribution in [0.15, 0.2) is 48.8 Å². The molecule has 2 aromatic rings. The molecule has 0 aliphatic carbocycles. The van der Waals surface area contributed by atoms with Crippen molar-refractivity contribution in [3.05, 3.63) is 59.9 Å². The summed E-state index contributed by atoms with van der Waals surface area (Å²) in [5, 5.41) is 0. The second-order valence-corrected chi connectivity index (χ2v) is 8.11. The summed E-state index contributed by atoms with van der Waals surface area (Å²) in [5.74, 6) is 1.28. The van der Waals surface area contributed by atoms with Crippen LogP contribution in [-0.4, -0.2) is 72.6 Å². The van der Waals surface area contributed by atoms with E-state index in [1.807, 2.05) is 46.2 Å². The van der Waals surface area contributed by atoms with Gasteiger partial charge in [0.05, 0.1) is 13.0 Å². The first-order valence-electron chi connectivity index (χ1n) is 11.0. The molecule has 2 aliphatic rings. The molecule has 2 fully saturated rings. The molecule has 0 unspecified atom stereocenters. The number of benzene rings is 1. The van der Waals surface area contributed by atoms with E-state index in [0.29, 0.717) is 50.7 Å². The average Bonchev–Trinajstić information content (AvgIpc) is 2.84. The van der Waals surface area contributed by atoms with E-state index in [4.69, 9.17) is 9.47 Å². The summed E-state index contributed by atoms with van der Waals surface area (Å²) in [7, 11) is 0.